The topological polar surface area (TPSA) is 67.3 Å². The highest BCUT2D eigenvalue weighted by Gasteiger charge is 2.39. The SMILES string of the molecule is C#Cc1ccc(CCCC#Cc2cccc3c2CN(C2CCC(=O)CC2=O)C3=O)cn1. The summed E-state index contributed by atoms with van der Waals surface area (Å²) in [6.45, 7) is 0.372. The Kier molecular flexibility index (Phi) is 5.96. The molecule has 2 aliphatic rings. The van der Waals surface area contributed by atoms with Crippen LogP contribution in [-0.2, 0) is 22.6 Å². The van der Waals surface area contributed by atoms with E-state index in [1.54, 1.807) is 17.2 Å². The predicted octanol–water partition coefficient (Wildman–Crippen LogP) is 3.08. The minimum Gasteiger partial charge on any atom is -0.324 e. The zero-order valence-electron chi connectivity index (χ0n) is 17.2. The van der Waals surface area contributed by atoms with Crippen molar-refractivity contribution in [2.75, 3.05) is 0 Å². The van der Waals surface area contributed by atoms with Crippen molar-refractivity contribution in [2.24, 2.45) is 0 Å². The molecule has 4 rings (SSSR count). The lowest BCUT2D eigenvalue weighted by molar-refractivity contribution is -0.133. The molecule has 154 valence electrons. The number of Topliss-reactive ketones (excluding diaryl/α,β-unsaturated/α-hetero) is 2. The number of aryl methyl sites for hydroxylation is 1. The Morgan fingerprint density at radius 1 is 1.16 bits per heavy atom. The van der Waals surface area contributed by atoms with Gasteiger partial charge in [-0.1, -0.05) is 29.9 Å². The molecule has 0 N–H and O–H groups in total. The zero-order chi connectivity index (χ0) is 21.8. The molecule has 31 heavy (non-hydrogen) atoms. The molecule has 1 unspecified atom stereocenters. The monoisotopic (exact) mass is 410 g/mol. The Labute approximate surface area is 181 Å². The van der Waals surface area contributed by atoms with E-state index in [1.807, 2.05) is 24.3 Å². The predicted molar refractivity (Wildman–Crippen MR) is 116 cm³/mol. The van der Waals surface area contributed by atoms with Crippen molar-refractivity contribution in [3.05, 3.63) is 64.5 Å². The van der Waals surface area contributed by atoms with Crippen molar-refractivity contribution in [1.82, 2.24) is 9.88 Å². The summed E-state index contributed by atoms with van der Waals surface area (Å²) in [6, 6.07) is 8.85. The lowest BCUT2D eigenvalue weighted by Crippen LogP contribution is -2.44. The number of carbonyl (C=O) groups is 3. The van der Waals surface area contributed by atoms with E-state index in [1.165, 1.54) is 0 Å². The lowest BCUT2D eigenvalue weighted by atomic mass is 9.92. The van der Waals surface area contributed by atoms with Crippen molar-refractivity contribution in [2.45, 2.75) is 51.1 Å². The number of aromatic nitrogens is 1. The smallest absolute Gasteiger partial charge is 0.255 e. The van der Waals surface area contributed by atoms with Gasteiger partial charge in [0, 0.05) is 36.7 Å². The van der Waals surface area contributed by atoms with Gasteiger partial charge in [0.1, 0.15) is 11.5 Å². The van der Waals surface area contributed by atoms with E-state index in [0.717, 1.165) is 36.0 Å². The fraction of sp³-hybridized carbons (Fsp3) is 0.308. The highest BCUT2D eigenvalue weighted by molar-refractivity contribution is 6.07. The summed E-state index contributed by atoms with van der Waals surface area (Å²) in [4.78, 5) is 42.5. The third kappa shape index (κ3) is 4.42. The largest absolute Gasteiger partial charge is 0.324 e. The van der Waals surface area contributed by atoms with Gasteiger partial charge in [-0.2, -0.15) is 0 Å². The van der Waals surface area contributed by atoms with Crippen LogP contribution in [-0.4, -0.2) is 33.4 Å². The molecule has 1 aromatic carbocycles. The van der Waals surface area contributed by atoms with E-state index in [2.05, 4.69) is 22.7 Å². The van der Waals surface area contributed by atoms with Gasteiger partial charge >= 0.3 is 0 Å². The third-order valence-electron chi connectivity index (χ3n) is 5.77. The van der Waals surface area contributed by atoms with Gasteiger partial charge in [-0.15, -0.1) is 6.42 Å². The van der Waals surface area contributed by atoms with Gasteiger partial charge in [-0.05, 0) is 48.6 Å². The van der Waals surface area contributed by atoms with Crippen LogP contribution in [0.3, 0.4) is 0 Å². The van der Waals surface area contributed by atoms with Crippen molar-refractivity contribution in [3.8, 4) is 24.2 Å². The molecule has 1 aliphatic carbocycles. The summed E-state index contributed by atoms with van der Waals surface area (Å²) in [6.07, 6.45) is 10.3. The molecule has 0 spiro atoms. The van der Waals surface area contributed by atoms with E-state index in [9.17, 15) is 14.4 Å². The van der Waals surface area contributed by atoms with Gasteiger partial charge in [0.05, 0.1) is 12.5 Å². The molecule has 0 bridgehead atoms. The highest BCUT2D eigenvalue weighted by atomic mass is 16.2. The summed E-state index contributed by atoms with van der Waals surface area (Å²) in [5.41, 5.74) is 4.06. The maximum absolute atomic E-state index is 12.9. The van der Waals surface area contributed by atoms with Crippen LogP contribution in [0.2, 0.25) is 0 Å². The Hall–Kier alpha value is -3.70. The van der Waals surface area contributed by atoms with E-state index >= 15 is 0 Å². The maximum Gasteiger partial charge on any atom is 0.255 e. The first kappa shape index (κ1) is 20.6. The number of ketones is 2. The first-order valence-electron chi connectivity index (χ1n) is 10.4. The van der Waals surface area contributed by atoms with Gasteiger partial charge in [0.2, 0.25) is 0 Å². The Morgan fingerprint density at radius 3 is 2.77 bits per heavy atom. The molecular weight excluding hydrogens is 388 g/mol. The molecule has 0 saturated heterocycles. The maximum atomic E-state index is 12.9. The molecule has 1 aromatic heterocycles. The standard InChI is InChI=1S/C26H22N2O3/c1-2-20-12-11-18(16-27-20)7-4-3-5-8-19-9-6-10-22-23(19)17-28(26(22)31)24-14-13-21(29)15-25(24)30/h1,6,9-12,16,24H,3-4,7,13-15,17H2. The van der Waals surface area contributed by atoms with Gasteiger partial charge in [-0.25, -0.2) is 4.98 Å². The molecule has 1 saturated carbocycles. The summed E-state index contributed by atoms with van der Waals surface area (Å²) in [5, 5.41) is 0. The van der Waals surface area contributed by atoms with Gasteiger partial charge < -0.3 is 4.90 Å². The minimum atomic E-state index is -0.507. The number of benzene rings is 1. The second kappa shape index (κ2) is 8.98. The molecule has 0 radical (unpaired) electrons. The summed E-state index contributed by atoms with van der Waals surface area (Å²) < 4.78 is 0. The van der Waals surface area contributed by atoms with Crippen LogP contribution < -0.4 is 0 Å². The average molecular weight is 410 g/mol. The number of carbonyl (C=O) groups excluding carboxylic acids is 3. The normalized spacial score (nSPS) is 17.7. The van der Waals surface area contributed by atoms with Crippen LogP contribution in [0.25, 0.3) is 0 Å². The molecule has 2 aromatic rings. The first-order valence-corrected chi connectivity index (χ1v) is 10.4. The quantitative estimate of drug-likeness (QED) is 0.441. The van der Waals surface area contributed by atoms with Crippen LogP contribution in [0.1, 0.15) is 64.8 Å². The number of amides is 1. The molecular formula is C26H22N2O3. The van der Waals surface area contributed by atoms with Crippen LogP contribution in [0.5, 0.6) is 0 Å². The summed E-state index contributed by atoms with van der Waals surface area (Å²) in [7, 11) is 0. The highest BCUT2D eigenvalue weighted by Crippen LogP contribution is 2.30. The van der Waals surface area contributed by atoms with E-state index < -0.39 is 6.04 Å². The van der Waals surface area contributed by atoms with Crippen LogP contribution >= 0.6 is 0 Å². The molecule has 1 atom stereocenters. The number of terminal acetylenes is 1. The number of rotatable bonds is 4. The molecule has 5 heteroatoms. The number of pyridine rings is 1. The fourth-order valence-corrected chi connectivity index (χ4v) is 4.11. The van der Waals surface area contributed by atoms with Crippen molar-refractivity contribution in [3.63, 3.8) is 0 Å². The van der Waals surface area contributed by atoms with E-state index in [0.29, 0.717) is 30.6 Å². The van der Waals surface area contributed by atoms with E-state index in [-0.39, 0.29) is 23.9 Å². The lowest BCUT2D eigenvalue weighted by Gasteiger charge is -2.29. The summed E-state index contributed by atoms with van der Waals surface area (Å²) in [5.74, 6) is 8.57. The van der Waals surface area contributed by atoms with Gasteiger partial charge in [0.15, 0.2) is 5.78 Å². The van der Waals surface area contributed by atoms with Crippen molar-refractivity contribution < 1.29 is 14.4 Å². The molecule has 1 amide bonds. The molecule has 1 aliphatic heterocycles. The average Bonchev–Trinajstić information content (AvgIpc) is 3.11. The Balaban J connectivity index is 1.40. The zero-order valence-corrected chi connectivity index (χ0v) is 17.2. The number of fused-ring (bicyclic) bond motifs is 1. The molecule has 2 heterocycles. The number of unbranched alkanes of at least 4 members (excludes halogenated alkanes) is 1. The van der Waals surface area contributed by atoms with Crippen molar-refractivity contribution in [1.29, 1.82) is 0 Å². The second-order valence-corrected chi connectivity index (χ2v) is 7.85. The Morgan fingerprint density at radius 2 is 2.03 bits per heavy atom. The molecule has 5 nitrogen and oxygen atoms in total. The number of nitrogens with zero attached hydrogens (tertiary/aromatic N) is 2. The van der Waals surface area contributed by atoms with Crippen LogP contribution in [0.15, 0.2) is 36.5 Å². The van der Waals surface area contributed by atoms with Gasteiger partial charge in [0.25, 0.3) is 5.91 Å². The summed E-state index contributed by atoms with van der Waals surface area (Å²) >= 11 is 0. The number of hydrogen-bond acceptors (Lipinski definition) is 4. The fourth-order valence-electron chi connectivity index (χ4n) is 4.11. The van der Waals surface area contributed by atoms with Crippen LogP contribution in [0.4, 0.5) is 0 Å². The molecule has 1 fully saturated rings. The Bertz CT molecular complexity index is 1150. The first-order chi connectivity index (χ1) is 15.1. The third-order valence-corrected chi connectivity index (χ3v) is 5.77. The number of hydrogen-bond donors (Lipinski definition) is 0. The van der Waals surface area contributed by atoms with Crippen LogP contribution in [0, 0.1) is 24.2 Å². The second-order valence-electron chi connectivity index (χ2n) is 7.85. The van der Waals surface area contributed by atoms with Crippen molar-refractivity contribution >= 4 is 17.5 Å². The minimum absolute atomic E-state index is 0.0419. The van der Waals surface area contributed by atoms with E-state index in [4.69, 9.17) is 6.42 Å². The van der Waals surface area contributed by atoms with Gasteiger partial charge in [-0.3, -0.25) is 14.4 Å².